The third kappa shape index (κ3) is 3.38. The smallest absolute Gasteiger partial charge is 0.345 e. The van der Waals surface area contributed by atoms with Crippen molar-refractivity contribution in [2.24, 2.45) is 0 Å². The Morgan fingerprint density at radius 3 is 2.08 bits per heavy atom. The number of carbonyl (C=O) groups is 2. The molecule has 0 radical (unpaired) electrons. The topological polar surface area (TPSA) is 78.7 Å². The van der Waals surface area contributed by atoms with Crippen molar-refractivity contribution in [1.82, 2.24) is 0 Å². The van der Waals surface area contributed by atoms with Gasteiger partial charge in [0.25, 0.3) is 0 Å². The maximum absolute atomic E-state index is 12.5. The number of rotatable bonds is 4. The quantitative estimate of drug-likeness (QED) is 0.468. The van der Waals surface area contributed by atoms with Crippen molar-refractivity contribution in [2.45, 2.75) is 13.8 Å². The summed E-state index contributed by atoms with van der Waals surface area (Å²) >= 11 is 0. The number of benzene rings is 1. The highest BCUT2D eigenvalue weighted by Gasteiger charge is 2.41. The maximum atomic E-state index is 12.5. The monoisotopic (exact) mass is 341 g/mol. The minimum atomic E-state index is -0.742. The van der Waals surface area contributed by atoms with E-state index in [1.807, 2.05) is 19.1 Å². The van der Waals surface area contributed by atoms with E-state index in [9.17, 15) is 14.7 Å². The van der Waals surface area contributed by atoms with Gasteiger partial charge in [0.15, 0.2) is 11.3 Å². The van der Waals surface area contributed by atoms with Crippen LogP contribution < -0.4 is 5.11 Å². The molecule has 1 aliphatic heterocycles. The van der Waals surface area contributed by atoms with Crippen LogP contribution in [-0.2, 0) is 19.1 Å². The number of hydrogen-bond acceptors (Lipinski definition) is 5. The van der Waals surface area contributed by atoms with E-state index in [4.69, 9.17) is 9.47 Å². The Balaban J connectivity index is 2.61. The second kappa shape index (κ2) is 7.17. The lowest BCUT2D eigenvalue weighted by molar-refractivity contribution is -0.403. The van der Waals surface area contributed by atoms with E-state index < -0.39 is 11.9 Å². The number of nitrogens with zero attached hydrogens (tertiary/aromatic N) is 1. The van der Waals surface area contributed by atoms with Gasteiger partial charge in [-0.1, -0.05) is 35.6 Å². The fourth-order valence-electron chi connectivity index (χ4n) is 2.50. The predicted molar refractivity (Wildman–Crippen MR) is 90.3 cm³/mol. The minimum absolute atomic E-state index is 0.0345. The molecule has 0 N–H and O–H groups in total. The number of methoxy groups -OCH3 is 2. The van der Waals surface area contributed by atoms with E-state index in [0.717, 1.165) is 5.56 Å². The molecule has 0 saturated carbocycles. The van der Waals surface area contributed by atoms with Gasteiger partial charge in [-0.3, -0.25) is 0 Å². The minimum Gasteiger partial charge on any atom is -0.872 e. The van der Waals surface area contributed by atoms with Crippen molar-refractivity contribution in [3.8, 4) is 0 Å². The molecule has 6 nitrogen and oxygen atoms in total. The van der Waals surface area contributed by atoms with Crippen molar-refractivity contribution in [2.75, 3.05) is 14.2 Å². The number of hydrogen-bond donors (Lipinski definition) is 0. The first-order valence-electron chi connectivity index (χ1n) is 7.50. The molecule has 1 aromatic rings. The lowest BCUT2D eigenvalue weighted by atomic mass is 10.0. The Morgan fingerprint density at radius 1 is 1.04 bits per heavy atom. The Labute approximate surface area is 146 Å². The average molecular weight is 341 g/mol. The first-order chi connectivity index (χ1) is 11.8. The molecular formula is C19H19NO5. The van der Waals surface area contributed by atoms with Gasteiger partial charge in [0.2, 0.25) is 5.70 Å². The number of ether oxygens (including phenoxy) is 2. The molecule has 2 rings (SSSR count). The Morgan fingerprint density at radius 2 is 1.56 bits per heavy atom. The zero-order chi connectivity index (χ0) is 18.7. The van der Waals surface area contributed by atoms with E-state index in [-0.39, 0.29) is 22.6 Å². The summed E-state index contributed by atoms with van der Waals surface area (Å²) in [6.07, 6.45) is 1.27. The fourth-order valence-corrected chi connectivity index (χ4v) is 2.50. The van der Waals surface area contributed by atoms with Crippen LogP contribution in [0, 0.1) is 6.92 Å². The zero-order valence-electron chi connectivity index (χ0n) is 14.6. The van der Waals surface area contributed by atoms with E-state index in [1.54, 1.807) is 19.1 Å². The molecule has 0 saturated heterocycles. The number of aryl methyl sites for hydroxylation is 1. The second-order valence-corrected chi connectivity index (χ2v) is 5.51. The molecule has 0 bridgehead atoms. The highest BCUT2D eigenvalue weighted by atomic mass is 16.5. The van der Waals surface area contributed by atoms with Crippen molar-refractivity contribution in [3.63, 3.8) is 0 Å². The van der Waals surface area contributed by atoms with Gasteiger partial charge in [-0.05, 0) is 12.5 Å². The summed E-state index contributed by atoms with van der Waals surface area (Å²) in [5.41, 5.74) is 2.07. The predicted octanol–water partition coefficient (Wildman–Crippen LogP) is 1.30. The summed E-state index contributed by atoms with van der Waals surface area (Å²) in [5.74, 6) is -1.75. The fraction of sp³-hybridized carbons (Fsp3) is 0.211. The Kier molecular flexibility index (Phi) is 5.22. The molecule has 0 spiro atoms. The highest BCUT2D eigenvalue weighted by Crippen LogP contribution is 2.32. The molecule has 1 heterocycles. The standard InChI is InChI=1S/C19H19NO5/c1-11-6-8-13(9-7-11)15(21)10-14-17(19(23)25-5)16(18(22)24-4)12(2)20(14)3/h6-10H,3H2,1-2,4-5H3. The molecule has 25 heavy (non-hydrogen) atoms. The van der Waals surface area contributed by atoms with E-state index in [1.165, 1.54) is 24.9 Å². The summed E-state index contributed by atoms with van der Waals surface area (Å²) in [4.78, 5) is 24.3. The van der Waals surface area contributed by atoms with Crippen LogP contribution in [0.4, 0.5) is 0 Å². The van der Waals surface area contributed by atoms with Gasteiger partial charge in [0, 0.05) is 13.0 Å². The third-order valence-electron chi connectivity index (χ3n) is 3.95. The van der Waals surface area contributed by atoms with Gasteiger partial charge in [-0.15, -0.1) is 0 Å². The molecule has 0 amide bonds. The Hall–Kier alpha value is -3.15. The van der Waals surface area contributed by atoms with Crippen molar-refractivity contribution < 1.29 is 28.7 Å². The number of esters is 2. The summed E-state index contributed by atoms with van der Waals surface area (Å²) < 4.78 is 10.9. The molecule has 6 heteroatoms. The molecule has 0 fully saturated rings. The van der Waals surface area contributed by atoms with Crippen molar-refractivity contribution in [1.29, 1.82) is 0 Å². The summed E-state index contributed by atoms with van der Waals surface area (Å²) in [6.45, 7) is 7.34. The summed E-state index contributed by atoms with van der Waals surface area (Å²) in [7, 11) is 2.41. The van der Waals surface area contributed by atoms with Gasteiger partial charge in [0.05, 0.1) is 14.2 Å². The first kappa shape index (κ1) is 18.2. The van der Waals surface area contributed by atoms with Gasteiger partial charge < -0.3 is 14.6 Å². The van der Waals surface area contributed by atoms with Crippen molar-refractivity contribution in [3.05, 3.63) is 64.0 Å². The van der Waals surface area contributed by atoms with Gasteiger partial charge in [-0.2, -0.15) is 4.58 Å². The number of allylic oxidation sites excluding steroid dienone is 2. The lowest BCUT2D eigenvalue weighted by Gasteiger charge is -2.12. The van der Waals surface area contributed by atoms with E-state index in [2.05, 4.69) is 6.72 Å². The molecule has 0 aliphatic carbocycles. The van der Waals surface area contributed by atoms with Gasteiger partial charge in [0.1, 0.15) is 12.3 Å². The third-order valence-corrected chi connectivity index (χ3v) is 3.95. The van der Waals surface area contributed by atoms with E-state index >= 15 is 0 Å². The average Bonchev–Trinajstić information content (AvgIpc) is 2.85. The molecule has 1 aromatic carbocycles. The van der Waals surface area contributed by atoms with Crippen LogP contribution in [0.3, 0.4) is 0 Å². The largest absolute Gasteiger partial charge is 0.872 e. The van der Waals surface area contributed by atoms with Crippen LogP contribution in [-0.4, -0.2) is 37.5 Å². The van der Waals surface area contributed by atoms with Gasteiger partial charge in [-0.25, -0.2) is 9.59 Å². The SMILES string of the molecule is C=[N+]1C(C)=C(C(=O)OC)C(C(=O)OC)=C1/C=C(\[O-])c1ccc(C)cc1. The van der Waals surface area contributed by atoms with Crippen LogP contribution in [0.2, 0.25) is 0 Å². The van der Waals surface area contributed by atoms with Crippen LogP contribution in [0.5, 0.6) is 0 Å². The maximum Gasteiger partial charge on any atom is 0.345 e. The zero-order valence-corrected chi connectivity index (χ0v) is 14.6. The van der Waals surface area contributed by atoms with Crippen molar-refractivity contribution >= 4 is 24.4 Å². The van der Waals surface area contributed by atoms with Gasteiger partial charge >= 0.3 is 11.9 Å². The van der Waals surface area contributed by atoms with Crippen LogP contribution in [0.25, 0.3) is 5.76 Å². The highest BCUT2D eigenvalue weighted by molar-refractivity contribution is 6.08. The van der Waals surface area contributed by atoms with E-state index in [0.29, 0.717) is 11.3 Å². The van der Waals surface area contributed by atoms with Crippen LogP contribution in [0.15, 0.2) is 52.9 Å². The molecule has 1 aliphatic rings. The molecule has 0 unspecified atom stereocenters. The van der Waals surface area contributed by atoms with Crippen LogP contribution in [0.1, 0.15) is 18.1 Å². The second-order valence-electron chi connectivity index (χ2n) is 5.51. The molecule has 0 atom stereocenters. The molecular weight excluding hydrogens is 322 g/mol. The molecule has 130 valence electrons. The molecule has 0 aromatic heterocycles. The Bertz CT molecular complexity index is 841. The lowest BCUT2D eigenvalue weighted by Crippen LogP contribution is -2.15. The first-order valence-corrected chi connectivity index (χ1v) is 7.50. The summed E-state index contributed by atoms with van der Waals surface area (Å²) in [6, 6.07) is 7.01. The summed E-state index contributed by atoms with van der Waals surface area (Å²) in [5, 5.41) is 12.5. The number of carbonyl (C=O) groups excluding carboxylic acids is 2. The van der Waals surface area contributed by atoms with Crippen LogP contribution >= 0.6 is 0 Å². The normalized spacial score (nSPS) is 14.9.